The first-order valence-corrected chi connectivity index (χ1v) is 6.12. The van der Waals surface area contributed by atoms with Gasteiger partial charge in [-0.25, -0.2) is 4.98 Å². The Balaban J connectivity index is 2.25. The summed E-state index contributed by atoms with van der Waals surface area (Å²) in [4.78, 5) is 6.31. The van der Waals surface area contributed by atoms with Gasteiger partial charge >= 0.3 is 0 Å². The van der Waals surface area contributed by atoms with Gasteiger partial charge in [-0.3, -0.25) is 0 Å². The van der Waals surface area contributed by atoms with E-state index in [1.165, 1.54) is 0 Å². The van der Waals surface area contributed by atoms with Crippen molar-refractivity contribution >= 4 is 5.69 Å². The standard InChI is InChI=1S/C15H18N2O2/c1-11-7-12(10-18)8-15(16-11)19-14-6-4-5-13(9-14)17(2)3/h4-9,18H,10H2,1-3H3. The average Bonchev–Trinajstić information content (AvgIpc) is 2.38. The summed E-state index contributed by atoms with van der Waals surface area (Å²) in [7, 11) is 3.96. The number of benzene rings is 1. The van der Waals surface area contributed by atoms with Crippen LogP contribution in [0.5, 0.6) is 11.6 Å². The minimum absolute atomic E-state index is 0.0164. The fourth-order valence-corrected chi connectivity index (χ4v) is 1.80. The van der Waals surface area contributed by atoms with E-state index in [0.717, 1.165) is 22.7 Å². The SMILES string of the molecule is Cc1cc(CO)cc(Oc2cccc(N(C)C)c2)n1. The van der Waals surface area contributed by atoms with E-state index in [1.54, 1.807) is 6.07 Å². The predicted molar refractivity (Wildman–Crippen MR) is 75.7 cm³/mol. The number of ether oxygens (including phenoxy) is 1. The second-order valence-corrected chi connectivity index (χ2v) is 4.61. The molecule has 0 aliphatic rings. The second-order valence-electron chi connectivity index (χ2n) is 4.61. The number of aliphatic hydroxyl groups is 1. The van der Waals surface area contributed by atoms with E-state index in [9.17, 15) is 5.11 Å². The molecule has 1 N–H and O–H groups in total. The fourth-order valence-electron chi connectivity index (χ4n) is 1.80. The normalized spacial score (nSPS) is 10.3. The van der Waals surface area contributed by atoms with Gasteiger partial charge in [-0.05, 0) is 30.7 Å². The molecule has 0 aliphatic carbocycles. The van der Waals surface area contributed by atoms with Crippen LogP contribution in [0.1, 0.15) is 11.3 Å². The number of aryl methyl sites for hydroxylation is 1. The van der Waals surface area contributed by atoms with Crippen molar-refractivity contribution in [2.24, 2.45) is 0 Å². The first kappa shape index (κ1) is 13.4. The molecule has 0 radical (unpaired) electrons. The molecular formula is C15H18N2O2. The van der Waals surface area contributed by atoms with Crippen molar-refractivity contribution in [2.45, 2.75) is 13.5 Å². The van der Waals surface area contributed by atoms with Crippen molar-refractivity contribution in [1.82, 2.24) is 4.98 Å². The zero-order valence-corrected chi connectivity index (χ0v) is 11.4. The van der Waals surface area contributed by atoms with Gasteiger partial charge in [0, 0.05) is 37.6 Å². The molecule has 0 aliphatic heterocycles. The summed E-state index contributed by atoms with van der Waals surface area (Å²) in [5, 5.41) is 9.18. The Morgan fingerprint density at radius 1 is 1.21 bits per heavy atom. The van der Waals surface area contributed by atoms with E-state index in [2.05, 4.69) is 4.98 Å². The lowest BCUT2D eigenvalue weighted by Gasteiger charge is -2.14. The molecule has 0 unspecified atom stereocenters. The van der Waals surface area contributed by atoms with Gasteiger partial charge in [-0.1, -0.05) is 6.07 Å². The highest BCUT2D eigenvalue weighted by molar-refractivity contribution is 5.50. The second kappa shape index (κ2) is 5.71. The Morgan fingerprint density at radius 2 is 2.00 bits per heavy atom. The molecule has 2 rings (SSSR count). The monoisotopic (exact) mass is 258 g/mol. The van der Waals surface area contributed by atoms with Crippen molar-refractivity contribution in [1.29, 1.82) is 0 Å². The van der Waals surface area contributed by atoms with Gasteiger partial charge in [0.1, 0.15) is 5.75 Å². The van der Waals surface area contributed by atoms with Crippen LogP contribution in [0, 0.1) is 6.92 Å². The third-order valence-corrected chi connectivity index (χ3v) is 2.73. The number of aliphatic hydroxyl groups excluding tert-OH is 1. The first-order valence-electron chi connectivity index (χ1n) is 6.12. The van der Waals surface area contributed by atoms with Crippen LogP contribution < -0.4 is 9.64 Å². The third-order valence-electron chi connectivity index (χ3n) is 2.73. The molecule has 2 aromatic rings. The van der Waals surface area contributed by atoms with Gasteiger partial charge in [-0.15, -0.1) is 0 Å². The van der Waals surface area contributed by atoms with Crippen LogP contribution in [-0.2, 0) is 6.61 Å². The van der Waals surface area contributed by atoms with E-state index in [-0.39, 0.29) is 6.61 Å². The molecule has 0 spiro atoms. The Morgan fingerprint density at radius 3 is 2.68 bits per heavy atom. The van der Waals surface area contributed by atoms with Crippen LogP contribution in [0.4, 0.5) is 5.69 Å². The molecule has 0 bridgehead atoms. The minimum Gasteiger partial charge on any atom is -0.439 e. The maximum absolute atomic E-state index is 9.18. The molecule has 0 saturated carbocycles. The number of nitrogens with zero attached hydrogens (tertiary/aromatic N) is 2. The predicted octanol–water partition coefficient (Wildman–Crippen LogP) is 2.74. The molecule has 0 saturated heterocycles. The van der Waals surface area contributed by atoms with E-state index in [0.29, 0.717) is 5.88 Å². The molecule has 4 nitrogen and oxygen atoms in total. The lowest BCUT2D eigenvalue weighted by atomic mass is 10.2. The van der Waals surface area contributed by atoms with Gasteiger partial charge in [0.05, 0.1) is 6.61 Å². The zero-order valence-electron chi connectivity index (χ0n) is 11.4. The topological polar surface area (TPSA) is 45.6 Å². The molecule has 0 amide bonds. The third kappa shape index (κ3) is 3.45. The number of hydrogen-bond donors (Lipinski definition) is 1. The number of anilines is 1. The van der Waals surface area contributed by atoms with Crippen LogP contribution in [0.3, 0.4) is 0 Å². The molecule has 4 heteroatoms. The highest BCUT2D eigenvalue weighted by atomic mass is 16.5. The summed E-state index contributed by atoms with van der Waals surface area (Å²) in [6.45, 7) is 1.86. The zero-order chi connectivity index (χ0) is 13.8. The van der Waals surface area contributed by atoms with Crippen LogP contribution in [-0.4, -0.2) is 24.2 Å². The summed E-state index contributed by atoms with van der Waals surface area (Å²) < 4.78 is 5.74. The van der Waals surface area contributed by atoms with Crippen molar-refractivity contribution in [3.8, 4) is 11.6 Å². The van der Waals surface area contributed by atoms with Gasteiger partial charge < -0.3 is 14.7 Å². The summed E-state index contributed by atoms with van der Waals surface area (Å²) in [6.07, 6.45) is 0. The van der Waals surface area contributed by atoms with E-state index < -0.39 is 0 Å². The van der Waals surface area contributed by atoms with Gasteiger partial charge in [-0.2, -0.15) is 0 Å². The number of rotatable bonds is 4. The lowest BCUT2D eigenvalue weighted by Crippen LogP contribution is -2.08. The molecular weight excluding hydrogens is 240 g/mol. The Bertz CT molecular complexity index is 568. The first-order chi connectivity index (χ1) is 9.08. The van der Waals surface area contributed by atoms with Crippen LogP contribution in [0.2, 0.25) is 0 Å². The van der Waals surface area contributed by atoms with Crippen molar-refractivity contribution < 1.29 is 9.84 Å². The maximum Gasteiger partial charge on any atom is 0.219 e. The molecule has 0 atom stereocenters. The number of hydrogen-bond acceptors (Lipinski definition) is 4. The van der Waals surface area contributed by atoms with E-state index in [1.807, 2.05) is 56.3 Å². The summed E-state index contributed by atoms with van der Waals surface area (Å²) >= 11 is 0. The molecule has 19 heavy (non-hydrogen) atoms. The van der Waals surface area contributed by atoms with Crippen LogP contribution in [0.15, 0.2) is 36.4 Å². The van der Waals surface area contributed by atoms with Gasteiger partial charge in [0.2, 0.25) is 5.88 Å². The molecule has 0 fully saturated rings. The summed E-state index contributed by atoms with van der Waals surface area (Å²) in [5.41, 5.74) is 2.68. The number of pyridine rings is 1. The van der Waals surface area contributed by atoms with Crippen molar-refractivity contribution in [3.05, 3.63) is 47.7 Å². The lowest BCUT2D eigenvalue weighted by molar-refractivity contribution is 0.281. The van der Waals surface area contributed by atoms with Gasteiger partial charge in [0.25, 0.3) is 0 Å². The van der Waals surface area contributed by atoms with E-state index >= 15 is 0 Å². The smallest absolute Gasteiger partial charge is 0.219 e. The fraction of sp³-hybridized carbons (Fsp3) is 0.267. The molecule has 100 valence electrons. The Hall–Kier alpha value is -2.07. The molecule has 1 aromatic heterocycles. The highest BCUT2D eigenvalue weighted by Gasteiger charge is 2.04. The largest absolute Gasteiger partial charge is 0.439 e. The maximum atomic E-state index is 9.18. The summed E-state index contributed by atoms with van der Waals surface area (Å²) in [6, 6.07) is 11.4. The molecule has 1 heterocycles. The average molecular weight is 258 g/mol. The van der Waals surface area contributed by atoms with Crippen LogP contribution >= 0.6 is 0 Å². The van der Waals surface area contributed by atoms with Crippen LogP contribution in [0.25, 0.3) is 0 Å². The quantitative estimate of drug-likeness (QED) is 0.916. The van der Waals surface area contributed by atoms with Gasteiger partial charge in [0.15, 0.2) is 0 Å². The highest BCUT2D eigenvalue weighted by Crippen LogP contribution is 2.24. The van der Waals surface area contributed by atoms with E-state index in [4.69, 9.17) is 4.74 Å². The number of aromatic nitrogens is 1. The summed E-state index contributed by atoms with van der Waals surface area (Å²) in [5.74, 6) is 1.23. The Labute approximate surface area is 113 Å². The minimum atomic E-state index is -0.0164. The Kier molecular flexibility index (Phi) is 4.02. The van der Waals surface area contributed by atoms with Crippen molar-refractivity contribution in [3.63, 3.8) is 0 Å². The van der Waals surface area contributed by atoms with Crippen molar-refractivity contribution in [2.75, 3.05) is 19.0 Å². The molecule has 1 aromatic carbocycles.